The van der Waals surface area contributed by atoms with Crippen molar-refractivity contribution >= 4 is 45.5 Å². The van der Waals surface area contributed by atoms with Crippen LogP contribution in [0.5, 0.6) is 0 Å². The number of benzene rings is 2. The maximum absolute atomic E-state index is 12.8. The lowest BCUT2D eigenvalue weighted by atomic mass is 10.1. The molecule has 1 N–H and O–H groups in total. The van der Waals surface area contributed by atoms with Gasteiger partial charge >= 0.3 is 6.03 Å². The minimum absolute atomic E-state index is 0.0859. The number of carbonyl (C=O) groups excluding carboxylic acids is 3. The van der Waals surface area contributed by atoms with Crippen LogP contribution in [0.2, 0.25) is 0 Å². The number of imide groups is 2. The molecule has 0 atom stereocenters. The Balaban J connectivity index is 1.99. The second-order valence-electron chi connectivity index (χ2n) is 5.53. The van der Waals surface area contributed by atoms with Crippen LogP contribution in [0.3, 0.4) is 0 Å². The van der Waals surface area contributed by atoms with Gasteiger partial charge in [-0.2, -0.15) is 0 Å². The van der Waals surface area contributed by atoms with Gasteiger partial charge in [-0.15, -0.1) is 0 Å². The number of hydrogen-bond donors (Lipinski definition) is 1. The van der Waals surface area contributed by atoms with Crippen molar-refractivity contribution in [2.45, 2.75) is 13.3 Å². The average molecular weight is 399 g/mol. The highest BCUT2D eigenvalue weighted by molar-refractivity contribution is 9.10. The summed E-state index contributed by atoms with van der Waals surface area (Å²) in [6, 6.07) is 13.6. The Bertz CT molecular complexity index is 888. The molecule has 0 bridgehead atoms. The summed E-state index contributed by atoms with van der Waals surface area (Å²) in [6.45, 7) is 2.02. The molecule has 1 fully saturated rings. The van der Waals surface area contributed by atoms with E-state index in [0.29, 0.717) is 11.3 Å². The van der Waals surface area contributed by atoms with Crippen LogP contribution in [-0.4, -0.2) is 17.8 Å². The number of urea groups is 1. The molecule has 1 heterocycles. The molecule has 1 saturated heterocycles. The Labute approximate surface area is 153 Å². The van der Waals surface area contributed by atoms with Crippen LogP contribution in [0.4, 0.5) is 10.5 Å². The maximum Gasteiger partial charge on any atom is 0.335 e. The molecule has 4 amide bonds. The van der Waals surface area contributed by atoms with E-state index in [4.69, 9.17) is 0 Å². The van der Waals surface area contributed by atoms with E-state index in [0.717, 1.165) is 21.4 Å². The van der Waals surface area contributed by atoms with E-state index in [1.54, 1.807) is 30.3 Å². The highest BCUT2D eigenvalue weighted by atomic mass is 79.9. The summed E-state index contributed by atoms with van der Waals surface area (Å²) in [4.78, 5) is 38.0. The van der Waals surface area contributed by atoms with Crippen molar-refractivity contribution < 1.29 is 14.4 Å². The molecular formula is C19H15BrN2O3. The molecule has 6 heteroatoms. The molecule has 5 nitrogen and oxygen atoms in total. The topological polar surface area (TPSA) is 66.5 Å². The second-order valence-corrected chi connectivity index (χ2v) is 6.45. The number of rotatable bonds is 3. The van der Waals surface area contributed by atoms with Crippen LogP contribution < -0.4 is 10.2 Å². The van der Waals surface area contributed by atoms with E-state index in [1.165, 1.54) is 6.08 Å². The van der Waals surface area contributed by atoms with Crippen molar-refractivity contribution in [1.29, 1.82) is 0 Å². The Hall–Kier alpha value is -2.73. The maximum atomic E-state index is 12.8. The third-order valence-electron chi connectivity index (χ3n) is 3.86. The van der Waals surface area contributed by atoms with E-state index in [-0.39, 0.29) is 5.57 Å². The molecule has 0 radical (unpaired) electrons. The number of aryl methyl sites for hydroxylation is 1. The van der Waals surface area contributed by atoms with Crippen molar-refractivity contribution in [2.24, 2.45) is 0 Å². The molecule has 3 rings (SSSR count). The lowest BCUT2D eigenvalue weighted by molar-refractivity contribution is -0.122. The van der Waals surface area contributed by atoms with Gasteiger partial charge in [-0.1, -0.05) is 47.1 Å². The van der Waals surface area contributed by atoms with Gasteiger partial charge in [-0.05, 0) is 47.9 Å². The van der Waals surface area contributed by atoms with Gasteiger partial charge in [0.15, 0.2) is 0 Å². The van der Waals surface area contributed by atoms with Crippen molar-refractivity contribution in [2.75, 3.05) is 4.90 Å². The van der Waals surface area contributed by atoms with Crippen LogP contribution in [0, 0.1) is 0 Å². The predicted octanol–water partition coefficient (Wildman–Crippen LogP) is 3.68. The van der Waals surface area contributed by atoms with Crippen LogP contribution in [-0.2, 0) is 16.0 Å². The van der Waals surface area contributed by atoms with E-state index >= 15 is 0 Å². The monoisotopic (exact) mass is 398 g/mol. The van der Waals surface area contributed by atoms with Gasteiger partial charge in [0.25, 0.3) is 11.8 Å². The molecule has 1 aliphatic rings. The smallest absolute Gasteiger partial charge is 0.273 e. The summed E-state index contributed by atoms with van der Waals surface area (Å²) < 4.78 is 0.827. The van der Waals surface area contributed by atoms with Crippen LogP contribution >= 0.6 is 15.9 Å². The number of hydrogen-bond acceptors (Lipinski definition) is 3. The third-order valence-corrected chi connectivity index (χ3v) is 4.36. The molecule has 2 aromatic rings. The summed E-state index contributed by atoms with van der Waals surface area (Å²) in [5.41, 5.74) is 2.11. The number of halogens is 1. The van der Waals surface area contributed by atoms with E-state index in [1.807, 2.05) is 25.1 Å². The number of nitrogens with one attached hydrogen (secondary N) is 1. The molecule has 0 spiro atoms. The van der Waals surface area contributed by atoms with Crippen LogP contribution in [0.1, 0.15) is 18.1 Å². The van der Waals surface area contributed by atoms with Crippen molar-refractivity contribution in [3.8, 4) is 0 Å². The lowest BCUT2D eigenvalue weighted by Crippen LogP contribution is -2.54. The molecule has 1 aliphatic heterocycles. The molecule has 126 valence electrons. The molecule has 0 aromatic heterocycles. The molecule has 25 heavy (non-hydrogen) atoms. The normalized spacial score (nSPS) is 16.3. The summed E-state index contributed by atoms with van der Waals surface area (Å²) in [6.07, 6.45) is 2.33. The first-order valence-corrected chi connectivity index (χ1v) is 8.55. The van der Waals surface area contributed by atoms with Gasteiger partial charge in [0, 0.05) is 4.47 Å². The van der Waals surface area contributed by atoms with Gasteiger partial charge in [0.1, 0.15) is 5.57 Å². The highest BCUT2D eigenvalue weighted by Crippen LogP contribution is 2.23. The van der Waals surface area contributed by atoms with Gasteiger partial charge in [0.2, 0.25) is 0 Å². The lowest BCUT2D eigenvalue weighted by Gasteiger charge is -2.26. The largest absolute Gasteiger partial charge is 0.335 e. The van der Waals surface area contributed by atoms with Crippen LogP contribution in [0.15, 0.2) is 58.6 Å². The minimum Gasteiger partial charge on any atom is -0.273 e. The SMILES string of the molecule is CCc1ccc(N2C(=O)NC(=O)/C(=C/c3cccc(Br)c3)C2=O)cc1. The first-order chi connectivity index (χ1) is 12.0. The summed E-state index contributed by atoms with van der Waals surface area (Å²) in [5.74, 6) is -1.34. The summed E-state index contributed by atoms with van der Waals surface area (Å²) in [7, 11) is 0. The zero-order valence-electron chi connectivity index (χ0n) is 13.5. The fourth-order valence-electron chi connectivity index (χ4n) is 2.54. The average Bonchev–Trinajstić information content (AvgIpc) is 2.59. The van der Waals surface area contributed by atoms with Gasteiger partial charge in [-0.25, -0.2) is 9.69 Å². The predicted molar refractivity (Wildman–Crippen MR) is 99.0 cm³/mol. The molecule has 0 saturated carbocycles. The Morgan fingerprint density at radius 1 is 1.08 bits per heavy atom. The third kappa shape index (κ3) is 3.53. The van der Waals surface area contributed by atoms with Crippen LogP contribution in [0.25, 0.3) is 6.08 Å². The zero-order chi connectivity index (χ0) is 18.0. The Morgan fingerprint density at radius 2 is 1.80 bits per heavy atom. The molecular weight excluding hydrogens is 384 g/mol. The van der Waals surface area contributed by atoms with Crippen molar-refractivity contribution in [1.82, 2.24) is 5.32 Å². The number of carbonyl (C=O) groups is 3. The van der Waals surface area contributed by atoms with Crippen molar-refractivity contribution in [3.63, 3.8) is 0 Å². The molecule has 0 aliphatic carbocycles. The van der Waals surface area contributed by atoms with E-state index in [2.05, 4.69) is 21.2 Å². The second kappa shape index (κ2) is 7.03. The fourth-order valence-corrected chi connectivity index (χ4v) is 2.95. The van der Waals surface area contributed by atoms with E-state index < -0.39 is 17.8 Å². The number of barbiturate groups is 1. The van der Waals surface area contributed by atoms with Gasteiger partial charge in [0.05, 0.1) is 5.69 Å². The van der Waals surface area contributed by atoms with E-state index in [9.17, 15) is 14.4 Å². The van der Waals surface area contributed by atoms with Gasteiger partial charge < -0.3 is 0 Å². The zero-order valence-corrected chi connectivity index (χ0v) is 15.0. The number of amides is 4. The molecule has 0 unspecified atom stereocenters. The Morgan fingerprint density at radius 3 is 2.44 bits per heavy atom. The molecule has 2 aromatic carbocycles. The fraction of sp³-hybridized carbons (Fsp3) is 0.105. The Kier molecular flexibility index (Phi) is 4.81. The number of nitrogens with zero attached hydrogens (tertiary/aromatic N) is 1. The first kappa shape index (κ1) is 17.1. The minimum atomic E-state index is -0.745. The first-order valence-electron chi connectivity index (χ1n) is 7.75. The standard InChI is InChI=1S/C19H15BrN2O3/c1-2-12-6-8-15(9-7-12)22-18(24)16(17(23)21-19(22)25)11-13-4-3-5-14(20)10-13/h3-11H,2H2,1H3,(H,21,23,25)/b16-11-. The van der Waals surface area contributed by atoms with Gasteiger partial charge in [-0.3, -0.25) is 14.9 Å². The summed E-state index contributed by atoms with van der Waals surface area (Å²) in [5, 5.41) is 2.22. The summed E-state index contributed by atoms with van der Waals surface area (Å²) >= 11 is 3.35. The quantitative estimate of drug-likeness (QED) is 0.633. The highest BCUT2D eigenvalue weighted by Gasteiger charge is 2.36. The van der Waals surface area contributed by atoms with Crippen molar-refractivity contribution in [3.05, 3.63) is 69.7 Å². The number of anilines is 1.